The van der Waals surface area contributed by atoms with Crippen LogP contribution in [0.15, 0.2) is 45.8 Å². The van der Waals surface area contributed by atoms with Gasteiger partial charge < -0.3 is 33.2 Å². The predicted octanol–water partition coefficient (Wildman–Crippen LogP) is 5.00. The molecule has 6 rings (SSSR count). The predicted molar refractivity (Wildman–Crippen MR) is 160 cm³/mol. The molecule has 10 heteroatoms. The molecule has 0 bridgehead atoms. The first-order chi connectivity index (χ1) is 21.2. The highest BCUT2D eigenvalue weighted by molar-refractivity contribution is 5.87. The number of hydrogen-bond acceptors (Lipinski definition) is 10. The second-order valence-electron chi connectivity index (χ2n) is 14.4. The number of allylic oxidation sites excluding steroid dienone is 2. The van der Waals surface area contributed by atoms with Gasteiger partial charge in [0.15, 0.2) is 6.29 Å². The third-order valence-corrected chi connectivity index (χ3v) is 12.1. The van der Waals surface area contributed by atoms with Crippen molar-refractivity contribution in [2.75, 3.05) is 6.61 Å². The van der Waals surface area contributed by atoms with Crippen LogP contribution in [0.5, 0.6) is 0 Å². The van der Waals surface area contributed by atoms with Crippen LogP contribution in [-0.2, 0) is 38.1 Å². The third kappa shape index (κ3) is 4.65. The first-order valence-electron chi connectivity index (χ1n) is 16.0. The molecule has 45 heavy (non-hydrogen) atoms. The Morgan fingerprint density at radius 3 is 2.31 bits per heavy atom. The van der Waals surface area contributed by atoms with E-state index in [2.05, 4.69) is 20.8 Å². The fourth-order valence-electron chi connectivity index (χ4n) is 10.3. The molecule has 2 saturated carbocycles. The summed E-state index contributed by atoms with van der Waals surface area (Å²) in [5.74, 6) is -2.08. The van der Waals surface area contributed by atoms with Gasteiger partial charge in [-0.3, -0.25) is 9.59 Å². The van der Waals surface area contributed by atoms with Gasteiger partial charge in [-0.1, -0.05) is 32.4 Å². The van der Waals surface area contributed by atoms with Crippen molar-refractivity contribution in [1.82, 2.24) is 0 Å². The van der Waals surface area contributed by atoms with Crippen molar-refractivity contribution in [3.05, 3.63) is 47.0 Å². The lowest BCUT2D eigenvalue weighted by molar-refractivity contribution is -0.262. The summed E-state index contributed by atoms with van der Waals surface area (Å²) in [5.41, 5.74) is 1.18. The average Bonchev–Trinajstić information content (AvgIpc) is 3.68. The number of ether oxygens (including phenoxy) is 5. The molecule has 0 amide bonds. The first-order valence-corrected chi connectivity index (χ1v) is 16.0. The van der Waals surface area contributed by atoms with E-state index in [-0.39, 0.29) is 37.2 Å². The molecular formula is C35H46O10. The highest BCUT2D eigenvalue weighted by atomic mass is 16.6. The Bertz CT molecular complexity index is 1430. The highest BCUT2D eigenvalue weighted by Crippen LogP contribution is 2.72. The fraction of sp³-hybridized carbons (Fsp3) is 0.686. The summed E-state index contributed by atoms with van der Waals surface area (Å²) in [7, 11) is 0. The Labute approximate surface area is 264 Å². The van der Waals surface area contributed by atoms with Crippen LogP contribution < -0.4 is 0 Å². The number of fused-ring (bicyclic) bond motifs is 4. The van der Waals surface area contributed by atoms with E-state index in [1.54, 1.807) is 32.4 Å². The van der Waals surface area contributed by atoms with Crippen molar-refractivity contribution in [2.45, 2.75) is 117 Å². The molecule has 3 aliphatic carbocycles. The van der Waals surface area contributed by atoms with Gasteiger partial charge in [0.1, 0.15) is 18.3 Å². The Morgan fingerprint density at radius 1 is 1.00 bits per heavy atom. The minimum absolute atomic E-state index is 0.0237. The minimum atomic E-state index is -1.12. The lowest BCUT2D eigenvalue weighted by atomic mass is 9.39. The summed E-state index contributed by atoms with van der Waals surface area (Å²) >= 11 is 0. The molecule has 0 spiro atoms. The van der Waals surface area contributed by atoms with E-state index in [0.717, 1.165) is 16.7 Å². The van der Waals surface area contributed by atoms with Crippen LogP contribution in [0, 0.1) is 28.1 Å². The van der Waals surface area contributed by atoms with E-state index in [1.807, 2.05) is 13.0 Å². The van der Waals surface area contributed by atoms with Gasteiger partial charge in [-0.25, -0.2) is 4.79 Å². The zero-order chi connectivity index (χ0) is 32.6. The summed E-state index contributed by atoms with van der Waals surface area (Å²) in [6.07, 6.45) is 1.99. The summed E-state index contributed by atoms with van der Waals surface area (Å²) in [6.45, 7) is 14.9. The normalized spacial score (nSPS) is 43.9. The van der Waals surface area contributed by atoms with Crippen LogP contribution in [0.25, 0.3) is 0 Å². The quantitative estimate of drug-likeness (QED) is 0.206. The molecule has 1 N–H and O–H groups in total. The molecule has 10 nitrogen and oxygen atoms in total. The molecule has 2 aliphatic heterocycles. The van der Waals surface area contributed by atoms with Gasteiger partial charge in [0, 0.05) is 60.3 Å². The number of rotatable bonds is 5. The maximum absolute atomic E-state index is 13.7. The first kappa shape index (κ1) is 32.0. The third-order valence-electron chi connectivity index (χ3n) is 12.1. The van der Waals surface area contributed by atoms with Crippen LogP contribution in [0.4, 0.5) is 0 Å². The summed E-state index contributed by atoms with van der Waals surface area (Å²) < 4.78 is 37.2. The topological polar surface area (TPSA) is 131 Å². The van der Waals surface area contributed by atoms with E-state index < -0.39 is 71.0 Å². The molecular weight excluding hydrogens is 580 g/mol. The van der Waals surface area contributed by atoms with Crippen LogP contribution in [-0.4, -0.2) is 66.4 Å². The van der Waals surface area contributed by atoms with Gasteiger partial charge in [-0.05, 0) is 50.3 Å². The maximum atomic E-state index is 13.7. The van der Waals surface area contributed by atoms with Crippen molar-refractivity contribution in [3.8, 4) is 0 Å². The summed E-state index contributed by atoms with van der Waals surface area (Å²) in [5, 5.41) is 11.6. The Kier molecular flexibility index (Phi) is 7.89. The lowest BCUT2D eigenvalue weighted by Gasteiger charge is -2.66. The average molecular weight is 627 g/mol. The Morgan fingerprint density at radius 2 is 1.69 bits per heavy atom. The molecule has 2 saturated heterocycles. The molecule has 3 heterocycles. The molecule has 0 radical (unpaired) electrons. The second kappa shape index (κ2) is 11.1. The standard InChI is InChI=1S/C35H46O10/c1-9-17(2)32(39)45-31-29-30-33(6,16-41-29)25(42-19(4)36)14-26(43-20(5)37)34(30,7)24-13-27(38)44-23-12-22(21-10-11-40-15-21)18(3)28(23)35(24,31)8/h9-11,15,22-27,29-31,38H,12-14,16H2,1-8H3. The smallest absolute Gasteiger partial charge is 0.333 e. The van der Waals surface area contributed by atoms with Gasteiger partial charge >= 0.3 is 17.9 Å². The van der Waals surface area contributed by atoms with Crippen LogP contribution in [0.1, 0.15) is 86.1 Å². The van der Waals surface area contributed by atoms with Crippen LogP contribution in [0.2, 0.25) is 0 Å². The van der Waals surface area contributed by atoms with Gasteiger partial charge in [0.05, 0.1) is 31.3 Å². The number of aliphatic hydroxyl groups is 1. The highest BCUT2D eigenvalue weighted by Gasteiger charge is 2.77. The van der Waals surface area contributed by atoms with E-state index in [0.29, 0.717) is 12.0 Å². The molecule has 0 aromatic carbocycles. The van der Waals surface area contributed by atoms with E-state index in [9.17, 15) is 19.5 Å². The van der Waals surface area contributed by atoms with Gasteiger partial charge in [0.25, 0.3) is 0 Å². The molecule has 12 atom stereocenters. The van der Waals surface area contributed by atoms with Crippen molar-refractivity contribution >= 4 is 17.9 Å². The minimum Gasteiger partial charge on any atom is -0.472 e. The molecule has 1 aromatic heterocycles. The van der Waals surface area contributed by atoms with Gasteiger partial charge in [-0.15, -0.1) is 0 Å². The maximum Gasteiger partial charge on any atom is 0.333 e. The Hall–Kier alpha value is -2.95. The SMILES string of the molecule is CC=C(C)C(=O)OC1C2OCC3(C)C(OC(C)=O)CC(OC(C)=O)C(C)(C23)C2CC(O)OC3CC(c4ccoc4)C(C)=C3C12C. The number of esters is 3. The lowest BCUT2D eigenvalue weighted by Crippen LogP contribution is -2.72. The van der Waals surface area contributed by atoms with Gasteiger partial charge in [0.2, 0.25) is 0 Å². The molecule has 12 unspecified atom stereocenters. The van der Waals surface area contributed by atoms with Crippen LogP contribution >= 0.6 is 0 Å². The fourth-order valence-corrected chi connectivity index (χ4v) is 10.3. The van der Waals surface area contributed by atoms with Crippen molar-refractivity contribution < 1.29 is 47.6 Å². The van der Waals surface area contributed by atoms with E-state index in [1.165, 1.54) is 13.8 Å². The second-order valence-corrected chi connectivity index (χ2v) is 14.4. The number of aliphatic hydroxyl groups excluding tert-OH is 1. The number of hydrogen-bond donors (Lipinski definition) is 1. The van der Waals surface area contributed by atoms with Gasteiger partial charge in [-0.2, -0.15) is 0 Å². The monoisotopic (exact) mass is 626 g/mol. The Balaban J connectivity index is 1.61. The summed E-state index contributed by atoms with van der Waals surface area (Å²) in [4.78, 5) is 38.7. The molecule has 246 valence electrons. The van der Waals surface area contributed by atoms with Crippen molar-refractivity contribution in [2.24, 2.45) is 28.1 Å². The zero-order valence-corrected chi connectivity index (χ0v) is 27.5. The number of carbonyl (C=O) groups is 3. The van der Waals surface area contributed by atoms with E-state index in [4.69, 9.17) is 28.1 Å². The van der Waals surface area contributed by atoms with Crippen LogP contribution in [0.3, 0.4) is 0 Å². The van der Waals surface area contributed by atoms with Crippen molar-refractivity contribution in [3.63, 3.8) is 0 Å². The largest absolute Gasteiger partial charge is 0.472 e. The zero-order valence-electron chi connectivity index (χ0n) is 27.5. The summed E-state index contributed by atoms with van der Waals surface area (Å²) in [6, 6.07) is 1.94. The van der Waals surface area contributed by atoms with Crippen molar-refractivity contribution in [1.29, 1.82) is 0 Å². The number of carbonyl (C=O) groups excluding carboxylic acids is 3. The number of furan rings is 1. The molecule has 4 fully saturated rings. The molecule has 1 aromatic rings. The van der Waals surface area contributed by atoms with E-state index >= 15 is 0 Å². The molecule has 5 aliphatic rings.